The van der Waals surface area contributed by atoms with E-state index in [1.165, 1.54) is 4.88 Å². The van der Waals surface area contributed by atoms with Crippen LogP contribution < -0.4 is 5.32 Å². The second-order valence-corrected chi connectivity index (χ2v) is 6.66. The van der Waals surface area contributed by atoms with Gasteiger partial charge in [0.05, 0.1) is 23.3 Å². The van der Waals surface area contributed by atoms with Crippen LogP contribution >= 0.6 is 27.3 Å². The van der Waals surface area contributed by atoms with Gasteiger partial charge in [-0.1, -0.05) is 0 Å². The van der Waals surface area contributed by atoms with Gasteiger partial charge < -0.3 is 5.32 Å². The average Bonchev–Trinajstić information content (AvgIpc) is 2.87. The molecule has 0 aliphatic carbocycles. The molecule has 6 heteroatoms. The van der Waals surface area contributed by atoms with E-state index in [-0.39, 0.29) is 6.04 Å². The van der Waals surface area contributed by atoms with E-state index in [9.17, 15) is 0 Å². The molecule has 2 heterocycles. The SMILES string of the molecule is Cc1cnc(C(C)NC(C)Cn2cc(Br)cn2)s1. The summed E-state index contributed by atoms with van der Waals surface area (Å²) in [5, 5.41) is 8.94. The third-order valence-corrected chi connectivity index (χ3v) is 4.11. The van der Waals surface area contributed by atoms with Crippen molar-refractivity contribution in [2.45, 2.75) is 39.4 Å². The Bertz CT molecular complexity index is 508. The van der Waals surface area contributed by atoms with Gasteiger partial charge in [0, 0.05) is 23.3 Å². The van der Waals surface area contributed by atoms with Gasteiger partial charge in [-0.05, 0) is 36.7 Å². The molecule has 0 amide bonds. The standard InChI is InChI=1S/C12H17BrN4S/c1-8(6-17-7-11(13)5-15-17)16-10(3)12-14-4-9(2)18-12/h4-5,7-8,10,16H,6H2,1-3H3. The van der Waals surface area contributed by atoms with Crippen LogP contribution in [0.15, 0.2) is 23.1 Å². The van der Waals surface area contributed by atoms with E-state index in [0.29, 0.717) is 6.04 Å². The second kappa shape index (κ2) is 5.95. The predicted octanol–water partition coefficient (Wildman–Crippen LogP) is 3.15. The summed E-state index contributed by atoms with van der Waals surface area (Å²) in [4.78, 5) is 5.66. The van der Waals surface area contributed by atoms with Gasteiger partial charge in [0.2, 0.25) is 0 Å². The van der Waals surface area contributed by atoms with Crippen molar-refractivity contribution < 1.29 is 0 Å². The van der Waals surface area contributed by atoms with Crippen molar-refractivity contribution in [3.8, 4) is 0 Å². The molecule has 0 saturated carbocycles. The molecule has 0 aromatic carbocycles. The molecule has 0 saturated heterocycles. The largest absolute Gasteiger partial charge is 0.304 e. The Hall–Kier alpha value is -0.720. The molecule has 2 rings (SSSR count). The first-order valence-corrected chi connectivity index (χ1v) is 7.52. The van der Waals surface area contributed by atoms with E-state index in [0.717, 1.165) is 16.0 Å². The fourth-order valence-corrected chi connectivity index (χ4v) is 2.96. The first kappa shape index (κ1) is 13.7. The van der Waals surface area contributed by atoms with Crippen LogP contribution in [0, 0.1) is 6.92 Å². The molecular weight excluding hydrogens is 312 g/mol. The number of hydrogen-bond donors (Lipinski definition) is 1. The highest BCUT2D eigenvalue weighted by Gasteiger charge is 2.13. The first-order chi connectivity index (χ1) is 8.54. The number of nitrogens with zero attached hydrogens (tertiary/aromatic N) is 3. The van der Waals surface area contributed by atoms with Crippen LogP contribution in [0.2, 0.25) is 0 Å². The van der Waals surface area contributed by atoms with Crippen LogP contribution in [0.4, 0.5) is 0 Å². The lowest BCUT2D eigenvalue weighted by Gasteiger charge is -2.18. The third kappa shape index (κ3) is 3.63. The molecule has 1 N–H and O–H groups in total. The van der Waals surface area contributed by atoms with Gasteiger partial charge in [-0.3, -0.25) is 4.68 Å². The zero-order chi connectivity index (χ0) is 13.1. The summed E-state index contributed by atoms with van der Waals surface area (Å²) in [6.45, 7) is 7.24. The smallest absolute Gasteiger partial charge is 0.109 e. The monoisotopic (exact) mass is 328 g/mol. The van der Waals surface area contributed by atoms with E-state index >= 15 is 0 Å². The molecular formula is C12H17BrN4S. The summed E-state index contributed by atoms with van der Waals surface area (Å²) in [7, 11) is 0. The van der Waals surface area contributed by atoms with E-state index < -0.39 is 0 Å². The van der Waals surface area contributed by atoms with E-state index in [2.05, 4.69) is 52.1 Å². The summed E-state index contributed by atoms with van der Waals surface area (Å²) >= 11 is 5.15. The zero-order valence-corrected chi connectivity index (χ0v) is 13.1. The maximum atomic E-state index is 4.41. The quantitative estimate of drug-likeness (QED) is 0.916. The van der Waals surface area contributed by atoms with Crippen LogP contribution in [-0.4, -0.2) is 20.8 Å². The fourth-order valence-electron chi connectivity index (χ4n) is 1.84. The first-order valence-electron chi connectivity index (χ1n) is 5.91. The van der Waals surface area contributed by atoms with Crippen molar-refractivity contribution in [2.75, 3.05) is 0 Å². The van der Waals surface area contributed by atoms with E-state index in [1.54, 1.807) is 17.5 Å². The topological polar surface area (TPSA) is 42.7 Å². The summed E-state index contributed by atoms with van der Waals surface area (Å²) in [5.74, 6) is 0. The van der Waals surface area contributed by atoms with Crippen molar-refractivity contribution in [3.05, 3.63) is 32.9 Å². The number of aryl methyl sites for hydroxylation is 1. The molecule has 4 nitrogen and oxygen atoms in total. The van der Waals surface area contributed by atoms with Gasteiger partial charge in [-0.25, -0.2) is 4.98 Å². The minimum Gasteiger partial charge on any atom is -0.304 e. The van der Waals surface area contributed by atoms with Crippen molar-refractivity contribution in [3.63, 3.8) is 0 Å². The normalized spacial score (nSPS) is 14.7. The second-order valence-electron chi connectivity index (χ2n) is 4.48. The number of rotatable bonds is 5. The molecule has 2 unspecified atom stereocenters. The van der Waals surface area contributed by atoms with Crippen molar-refractivity contribution in [2.24, 2.45) is 0 Å². The molecule has 0 spiro atoms. The van der Waals surface area contributed by atoms with Gasteiger partial charge in [-0.2, -0.15) is 5.10 Å². The predicted molar refractivity (Wildman–Crippen MR) is 77.8 cm³/mol. The molecule has 0 aliphatic heterocycles. The van der Waals surface area contributed by atoms with Crippen LogP contribution in [0.3, 0.4) is 0 Å². The summed E-state index contributed by atoms with van der Waals surface area (Å²) in [6.07, 6.45) is 5.71. The summed E-state index contributed by atoms with van der Waals surface area (Å²) in [5.41, 5.74) is 0. The lowest BCUT2D eigenvalue weighted by atomic mass is 10.2. The maximum absolute atomic E-state index is 4.41. The van der Waals surface area contributed by atoms with Gasteiger partial charge in [0.15, 0.2) is 0 Å². The highest BCUT2D eigenvalue weighted by molar-refractivity contribution is 9.10. The Morgan fingerprint density at radius 2 is 2.22 bits per heavy atom. The van der Waals surface area contributed by atoms with Gasteiger partial charge in [0.25, 0.3) is 0 Å². The Labute approximate surface area is 120 Å². The molecule has 2 aromatic rings. The Balaban J connectivity index is 1.89. The van der Waals surface area contributed by atoms with Crippen molar-refractivity contribution >= 4 is 27.3 Å². The fraction of sp³-hybridized carbons (Fsp3) is 0.500. The molecule has 18 heavy (non-hydrogen) atoms. The van der Waals surface area contributed by atoms with Crippen LogP contribution in [-0.2, 0) is 6.54 Å². The zero-order valence-electron chi connectivity index (χ0n) is 10.7. The summed E-state index contributed by atoms with van der Waals surface area (Å²) < 4.78 is 2.94. The Morgan fingerprint density at radius 3 is 2.78 bits per heavy atom. The van der Waals surface area contributed by atoms with Crippen molar-refractivity contribution in [1.82, 2.24) is 20.1 Å². The molecule has 0 radical (unpaired) electrons. The minimum atomic E-state index is 0.276. The van der Waals surface area contributed by atoms with Crippen LogP contribution in [0.25, 0.3) is 0 Å². The number of halogens is 1. The van der Waals surface area contributed by atoms with Crippen LogP contribution in [0.1, 0.15) is 29.8 Å². The molecule has 0 aliphatic rings. The number of hydrogen-bond acceptors (Lipinski definition) is 4. The third-order valence-electron chi connectivity index (χ3n) is 2.61. The lowest BCUT2D eigenvalue weighted by molar-refractivity contribution is 0.412. The maximum Gasteiger partial charge on any atom is 0.109 e. The highest BCUT2D eigenvalue weighted by Crippen LogP contribution is 2.19. The molecule has 0 fully saturated rings. The Kier molecular flexibility index (Phi) is 4.53. The highest BCUT2D eigenvalue weighted by atomic mass is 79.9. The van der Waals surface area contributed by atoms with Crippen LogP contribution in [0.5, 0.6) is 0 Å². The van der Waals surface area contributed by atoms with E-state index in [1.807, 2.05) is 17.1 Å². The number of aromatic nitrogens is 3. The lowest BCUT2D eigenvalue weighted by Crippen LogP contribution is -2.32. The minimum absolute atomic E-state index is 0.276. The summed E-state index contributed by atoms with van der Waals surface area (Å²) in [6, 6.07) is 0.619. The average molecular weight is 329 g/mol. The van der Waals surface area contributed by atoms with Gasteiger partial charge in [-0.15, -0.1) is 11.3 Å². The Morgan fingerprint density at radius 1 is 1.44 bits per heavy atom. The number of thiazole rings is 1. The van der Waals surface area contributed by atoms with Crippen molar-refractivity contribution in [1.29, 1.82) is 0 Å². The van der Waals surface area contributed by atoms with Gasteiger partial charge in [0.1, 0.15) is 5.01 Å². The van der Waals surface area contributed by atoms with E-state index in [4.69, 9.17) is 0 Å². The molecule has 0 bridgehead atoms. The molecule has 2 atom stereocenters. The molecule has 2 aromatic heterocycles. The number of nitrogens with one attached hydrogen (secondary N) is 1. The van der Waals surface area contributed by atoms with Gasteiger partial charge >= 0.3 is 0 Å². The molecule has 98 valence electrons.